The van der Waals surface area contributed by atoms with Gasteiger partial charge in [0.15, 0.2) is 17.6 Å². The quantitative estimate of drug-likeness (QED) is 0.302. The van der Waals surface area contributed by atoms with Gasteiger partial charge in [0.05, 0.1) is 25.1 Å². The molecule has 0 atom stereocenters. The predicted octanol–water partition coefficient (Wildman–Crippen LogP) is 4.04. The molecule has 2 amide bonds. The summed E-state index contributed by atoms with van der Waals surface area (Å²) in [4.78, 5) is 27.6. The number of rotatable bonds is 10. The Bertz CT molecular complexity index is 1440. The molecular formula is C29H29N5O4S. The first-order valence-electron chi connectivity index (χ1n) is 12.7. The van der Waals surface area contributed by atoms with Gasteiger partial charge in [0.2, 0.25) is 5.91 Å². The van der Waals surface area contributed by atoms with Crippen molar-refractivity contribution >= 4 is 29.3 Å². The van der Waals surface area contributed by atoms with Crippen molar-refractivity contribution < 1.29 is 19.1 Å². The van der Waals surface area contributed by atoms with E-state index in [0.717, 1.165) is 18.5 Å². The molecule has 1 aromatic heterocycles. The van der Waals surface area contributed by atoms with Gasteiger partial charge in [0, 0.05) is 12.2 Å². The number of benzene rings is 3. The van der Waals surface area contributed by atoms with Crippen LogP contribution >= 0.6 is 11.8 Å². The fourth-order valence-corrected chi connectivity index (χ4v) is 5.30. The number of para-hydroxylation sites is 4. The highest BCUT2D eigenvalue weighted by Crippen LogP contribution is 2.31. The average molecular weight is 544 g/mol. The molecule has 0 fully saturated rings. The molecule has 0 radical (unpaired) electrons. The number of nitrogens with zero attached hydrogens (tertiary/aromatic N) is 4. The van der Waals surface area contributed by atoms with Crippen LogP contribution in [0.25, 0.3) is 5.69 Å². The predicted molar refractivity (Wildman–Crippen MR) is 150 cm³/mol. The van der Waals surface area contributed by atoms with Crippen LogP contribution in [0.2, 0.25) is 0 Å². The Morgan fingerprint density at radius 3 is 2.51 bits per heavy atom. The number of hydrogen-bond donors (Lipinski definition) is 1. The molecule has 0 aliphatic carbocycles. The zero-order valence-corrected chi connectivity index (χ0v) is 22.4. The van der Waals surface area contributed by atoms with Crippen LogP contribution < -0.4 is 19.7 Å². The van der Waals surface area contributed by atoms with Gasteiger partial charge >= 0.3 is 0 Å². The van der Waals surface area contributed by atoms with Crippen molar-refractivity contribution in [3.63, 3.8) is 0 Å². The minimum absolute atomic E-state index is 0.00893. The molecule has 4 aromatic rings. The summed E-state index contributed by atoms with van der Waals surface area (Å²) < 4.78 is 12.9. The maximum atomic E-state index is 13.3. The SMILES string of the molecule is COc1ccccc1-n1c(CNC(=O)COc2ccccc2)nnc1SCC(=O)N1CCCc2ccccc21. The minimum atomic E-state index is -0.290. The van der Waals surface area contributed by atoms with E-state index in [4.69, 9.17) is 9.47 Å². The molecule has 0 spiro atoms. The molecule has 0 saturated heterocycles. The van der Waals surface area contributed by atoms with Gasteiger partial charge < -0.3 is 19.7 Å². The van der Waals surface area contributed by atoms with E-state index in [-0.39, 0.29) is 30.7 Å². The second-order valence-corrected chi connectivity index (χ2v) is 9.79. The molecule has 2 heterocycles. The highest BCUT2D eigenvalue weighted by Gasteiger charge is 2.24. The van der Waals surface area contributed by atoms with Crippen molar-refractivity contribution in [2.75, 3.05) is 30.9 Å². The number of carbonyl (C=O) groups excluding carboxylic acids is 2. The summed E-state index contributed by atoms with van der Waals surface area (Å²) in [5.41, 5.74) is 2.88. The lowest BCUT2D eigenvalue weighted by atomic mass is 10.0. The van der Waals surface area contributed by atoms with Crippen LogP contribution in [0.5, 0.6) is 11.5 Å². The molecule has 200 valence electrons. The number of aryl methyl sites for hydroxylation is 1. The zero-order chi connectivity index (χ0) is 27.0. The van der Waals surface area contributed by atoms with Gasteiger partial charge in [-0.3, -0.25) is 14.2 Å². The van der Waals surface area contributed by atoms with Gasteiger partial charge in [-0.25, -0.2) is 0 Å². The maximum absolute atomic E-state index is 13.3. The van der Waals surface area contributed by atoms with E-state index in [9.17, 15) is 9.59 Å². The van der Waals surface area contributed by atoms with Gasteiger partial charge in [-0.15, -0.1) is 10.2 Å². The molecule has 1 aliphatic heterocycles. The molecule has 1 aliphatic rings. The van der Waals surface area contributed by atoms with E-state index in [1.54, 1.807) is 19.2 Å². The van der Waals surface area contributed by atoms with Crippen LogP contribution in [0.1, 0.15) is 17.8 Å². The first-order valence-corrected chi connectivity index (χ1v) is 13.7. The second kappa shape index (κ2) is 12.5. The van der Waals surface area contributed by atoms with Gasteiger partial charge in [0.1, 0.15) is 11.5 Å². The molecule has 0 unspecified atom stereocenters. The summed E-state index contributed by atoms with van der Waals surface area (Å²) >= 11 is 1.31. The lowest BCUT2D eigenvalue weighted by Crippen LogP contribution is -2.36. The molecule has 0 saturated carbocycles. The third-order valence-electron chi connectivity index (χ3n) is 6.32. The van der Waals surface area contributed by atoms with Crippen molar-refractivity contribution in [1.82, 2.24) is 20.1 Å². The molecule has 9 nitrogen and oxygen atoms in total. The number of amides is 2. The van der Waals surface area contributed by atoms with Crippen LogP contribution in [0.15, 0.2) is 84.0 Å². The Hall–Kier alpha value is -4.31. The average Bonchev–Trinajstić information content (AvgIpc) is 3.40. The smallest absolute Gasteiger partial charge is 0.258 e. The summed E-state index contributed by atoms with van der Waals surface area (Å²) in [5.74, 6) is 1.65. The largest absolute Gasteiger partial charge is 0.495 e. The molecule has 39 heavy (non-hydrogen) atoms. The van der Waals surface area contributed by atoms with Crippen LogP contribution in [-0.2, 0) is 22.6 Å². The summed E-state index contributed by atoms with van der Waals surface area (Å²) in [6.07, 6.45) is 1.91. The third kappa shape index (κ3) is 6.23. The van der Waals surface area contributed by atoms with Crippen LogP contribution in [0.4, 0.5) is 5.69 Å². The molecule has 5 rings (SSSR count). The standard InChI is InChI=1S/C29H29N5O4S/c1-37-25-16-8-7-15-24(25)34-26(18-30-27(35)19-38-22-12-3-2-4-13-22)31-32-29(34)39-20-28(36)33-17-9-11-21-10-5-6-14-23(21)33/h2-8,10,12-16H,9,11,17-20H2,1H3,(H,30,35). The van der Waals surface area contributed by atoms with Gasteiger partial charge in [-0.05, 0) is 48.7 Å². The summed E-state index contributed by atoms with van der Waals surface area (Å²) in [7, 11) is 1.59. The lowest BCUT2D eigenvalue weighted by Gasteiger charge is -2.29. The number of nitrogens with one attached hydrogen (secondary N) is 1. The summed E-state index contributed by atoms with van der Waals surface area (Å²) in [6, 6.07) is 24.7. The monoisotopic (exact) mass is 543 g/mol. The topological polar surface area (TPSA) is 98.6 Å². The Morgan fingerprint density at radius 1 is 0.949 bits per heavy atom. The molecule has 1 N–H and O–H groups in total. The van der Waals surface area contributed by atoms with Crippen molar-refractivity contribution in [2.24, 2.45) is 0 Å². The highest BCUT2D eigenvalue weighted by molar-refractivity contribution is 7.99. The van der Waals surface area contributed by atoms with Crippen molar-refractivity contribution in [2.45, 2.75) is 24.5 Å². The number of fused-ring (bicyclic) bond motifs is 1. The molecule has 3 aromatic carbocycles. The summed E-state index contributed by atoms with van der Waals surface area (Å²) in [6.45, 7) is 0.689. The van der Waals surface area contributed by atoms with Crippen LogP contribution in [-0.4, -0.2) is 52.6 Å². The maximum Gasteiger partial charge on any atom is 0.258 e. The van der Waals surface area contributed by atoms with E-state index in [2.05, 4.69) is 21.6 Å². The fraction of sp³-hybridized carbons (Fsp3) is 0.241. The van der Waals surface area contributed by atoms with Crippen molar-refractivity contribution in [1.29, 1.82) is 0 Å². The molecule has 10 heteroatoms. The number of ether oxygens (including phenoxy) is 2. The first kappa shape index (κ1) is 26.3. The Labute approximate surface area is 231 Å². The van der Waals surface area contributed by atoms with Crippen molar-refractivity contribution in [3.05, 3.63) is 90.3 Å². The normalized spacial score (nSPS) is 12.5. The Morgan fingerprint density at radius 2 is 1.69 bits per heavy atom. The third-order valence-corrected chi connectivity index (χ3v) is 7.23. The van der Waals surface area contributed by atoms with E-state index in [0.29, 0.717) is 34.7 Å². The van der Waals surface area contributed by atoms with Crippen molar-refractivity contribution in [3.8, 4) is 17.2 Å². The van der Waals surface area contributed by atoms with Crippen LogP contribution in [0.3, 0.4) is 0 Å². The van der Waals surface area contributed by atoms with Crippen LogP contribution in [0, 0.1) is 0 Å². The number of aromatic nitrogens is 3. The molecule has 0 bridgehead atoms. The number of carbonyl (C=O) groups is 2. The van der Waals surface area contributed by atoms with E-state index in [1.165, 1.54) is 17.3 Å². The highest BCUT2D eigenvalue weighted by atomic mass is 32.2. The first-order chi connectivity index (χ1) is 19.1. The molecular weight excluding hydrogens is 514 g/mol. The zero-order valence-electron chi connectivity index (χ0n) is 21.6. The van der Waals surface area contributed by atoms with E-state index < -0.39 is 0 Å². The van der Waals surface area contributed by atoms with Gasteiger partial charge in [-0.1, -0.05) is 60.3 Å². The number of thioether (sulfide) groups is 1. The van der Waals surface area contributed by atoms with E-state index >= 15 is 0 Å². The van der Waals surface area contributed by atoms with Gasteiger partial charge in [0.25, 0.3) is 5.91 Å². The Balaban J connectivity index is 1.31. The number of methoxy groups -OCH3 is 1. The minimum Gasteiger partial charge on any atom is -0.495 e. The lowest BCUT2D eigenvalue weighted by molar-refractivity contribution is -0.123. The summed E-state index contributed by atoms with van der Waals surface area (Å²) in [5, 5.41) is 12.1. The Kier molecular flexibility index (Phi) is 8.42. The number of anilines is 1. The van der Waals surface area contributed by atoms with Gasteiger partial charge in [-0.2, -0.15) is 0 Å². The van der Waals surface area contributed by atoms with E-state index in [1.807, 2.05) is 70.1 Å². The fourth-order valence-electron chi connectivity index (χ4n) is 4.46. The number of hydrogen-bond acceptors (Lipinski definition) is 7. The second-order valence-electron chi connectivity index (χ2n) is 8.85.